The first-order valence-corrected chi connectivity index (χ1v) is 9.98. The van der Waals surface area contributed by atoms with E-state index in [1.165, 1.54) is 5.56 Å². The fourth-order valence-corrected chi connectivity index (χ4v) is 4.24. The number of amides is 1. The van der Waals surface area contributed by atoms with Crippen molar-refractivity contribution < 1.29 is 9.53 Å². The van der Waals surface area contributed by atoms with Crippen LogP contribution in [0.15, 0.2) is 24.4 Å². The molecule has 0 unspecified atom stereocenters. The molecule has 7 heteroatoms. The average molecular weight is 381 g/mol. The van der Waals surface area contributed by atoms with Gasteiger partial charge in [-0.25, -0.2) is 9.97 Å². The van der Waals surface area contributed by atoms with E-state index in [0.717, 1.165) is 68.3 Å². The zero-order valence-electron chi connectivity index (χ0n) is 16.6. The van der Waals surface area contributed by atoms with Gasteiger partial charge in [0, 0.05) is 37.7 Å². The standard InChI is InChI=1S/C21H27N5O2/c1-15-17-8-5-11-25(13-16-7-3-4-10-22-16)21(17)24-20(23-15)18-9-6-12-26(18)19(27)14-28-2/h3-4,7,10,18H,5-6,8-9,11-14H2,1-2H3/t18-/m1/s1. The minimum absolute atomic E-state index is 0.00863. The second kappa shape index (κ2) is 8.22. The molecule has 4 rings (SSSR count). The molecule has 0 aliphatic carbocycles. The van der Waals surface area contributed by atoms with Gasteiger partial charge in [-0.15, -0.1) is 0 Å². The molecule has 2 aliphatic heterocycles. The van der Waals surface area contributed by atoms with Gasteiger partial charge in [0.15, 0.2) is 5.82 Å². The number of rotatable bonds is 5. The summed E-state index contributed by atoms with van der Waals surface area (Å²) in [7, 11) is 1.55. The number of pyridine rings is 1. The highest BCUT2D eigenvalue weighted by atomic mass is 16.5. The van der Waals surface area contributed by atoms with Gasteiger partial charge in [0.1, 0.15) is 12.4 Å². The van der Waals surface area contributed by atoms with E-state index in [-0.39, 0.29) is 18.6 Å². The van der Waals surface area contributed by atoms with Crippen LogP contribution in [0.3, 0.4) is 0 Å². The lowest BCUT2D eigenvalue weighted by atomic mass is 10.0. The Bertz CT molecular complexity index is 842. The van der Waals surface area contributed by atoms with Crippen LogP contribution in [0.2, 0.25) is 0 Å². The Hall–Kier alpha value is -2.54. The van der Waals surface area contributed by atoms with Crippen molar-refractivity contribution in [1.82, 2.24) is 19.9 Å². The van der Waals surface area contributed by atoms with Gasteiger partial charge in [-0.2, -0.15) is 0 Å². The topological polar surface area (TPSA) is 71.5 Å². The molecule has 0 bridgehead atoms. The van der Waals surface area contributed by atoms with E-state index >= 15 is 0 Å². The fourth-order valence-electron chi connectivity index (χ4n) is 4.24. The third kappa shape index (κ3) is 3.71. The fraction of sp³-hybridized carbons (Fsp3) is 0.524. The van der Waals surface area contributed by atoms with Gasteiger partial charge in [0.05, 0.1) is 18.3 Å². The smallest absolute Gasteiger partial charge is 0.249 e. The van der Waals surface area contributed by atoms with Crippen molar-refractivity contribution in [3.05, 3.63) is 47.2 Å². The molecule has 1 fully saturated rings. The first kappa shape index (κ1) is 18.8. The molecule has 2 aromatic heterocycles. The van der Waals surface area contributed by atoms with Gasteiger partial charge in [0.2, 0.25) is 5.91 Å². The van der Waals surface area contributed by atoms with E-state index in [1.807, 2.05) is 29.3 Å². The maximum absolute atomic E-state index is 12.4. The van der Waals surface area contributed by atoms with E-state index < -0.39 is 0 Å². The molecule has 0 saturated carbocycles. The van der Waals surface area contributed by atoms with Crippen molar-refractivity contribution in [1.29, 1.82) is 0 Å². The summed E-state index contributed by atoms with van der Waals surface area (Å²) in [6.07, 6.45) is 5.78. The third-order valence-corrected chi connectivity index (χ3v) is 5.58. The highest BCUT2D eigenvalue weighted by molar-refractivity contribution is 5.78. The van der Waals surface area contributed by atoms with Gasteiger partial charge in [-0.1, -0.05) is 6.07 Å². The number of hydrogen-bond acceptors (Lipinski definition) is 6. The highest BCUT2D eigenvalue weighted by Crippen LogP contribution is 2.34. The van der Waals surface area contributed by atoms with E-state index in [4.69, 9.17) is 14.7 Å². The van der Waals surface area contributed by atoms with Crippen molar-refractivity contribution >= 4 is 11.7 Å². The molecule has 4 heterocycles. The molecule has 0 radical (unpaired) electrons. The number of aryl methyl sites for hydroxylation is 1. The molecule has 7 nitrogen and oxygen atoms in total. The van der Waals surface area contributed by atoms with Crippen LogP contribution >= 0.6 is 0 Å². The number of methoxy groups -OCH3 is 1. The Labute approximate surface area is 165 Å². The maximum atomic E-state index is 12.4. The molecule has 0 spiro atoms. The van der Waals surface area contributed by atoms with E-state index in [2.05, 4.69) is 16.8 Å². The third-order valence-electron chi connectivity index (χ3n) is 5.58. The van der Waals surface area contributed by atoms with Crippen LogP contribution in [0.5, 0.6) is 0 Å². The van der Waals surface area contributed by atoms with Gasteiger partial charge < -0.3 is 14.5 Å². The zero-order valence-corrected chi connectivity index (χ0v) is 16.6. The molecule has 1 atom stereocenters. The number of carbonyl (C=O) groups excluding carboxylic acids is 1. The lowest BCUT2D eigenvalue weighted by Crippen LogP contribution is -2.35. The molecule has 28 heavy (non-hydrogen) atoms. The van der Waals surface area contributed by atoms with Crippen molar-refractivity contribution in [2.24, 2.45) is 0 Å². The Kier molecular flexibility index (Phi) is 5.52. The van der Waals surface area contributed by atoms with Crippen LogP contribution in [0.25, 0.3) is 0 Å². The van der Waals surface area contributed by atoms with Crippen LogP contribution < -0.4 is 4.90 Å². The molecular weight excluding hydrogens is 354 g/mol. The van der Waals surface area contributed by atoms with Gasteiger partial charge in [-0.3, -0.25) is 9.78 Å². The molecular formula is C21H27N5O2. The summed E-state index contributed by atoms with van der Waals surface area (Å²) in [4.78, 5) is 30.9. The number of fused-ring (bicyclic) bond motifs is 1. The Balaban J connectivity index is 1.65. The van der Waals surface area contributed by atoms with E-state index in [0.29, 0.717) is 0 Å². The first-order chi connectivity index (χ1) is 13.7. The number of likely N-dealkylation sites (tertiary alicyclic amines) is 1. The minimum Gasteiger partial charge on any atom is -0.375 e. The normalized spacial score (nSPS) is 19.0. The first-order valence-electron chi connectivity index (χ1n) is 9.98. The second-order valence-electron chi connectivity index (χ2n) is 7.49. The van der Waals surface area contributed by atoms with Gasteiger partial charge in [-0.05, 0) is 44.7 Å². The molecule has 2 aromatic rings. The molecule has 148 valence electrons. The summed E-state index contributed by atoms with van der Waals surface area (Å²) in [6, 6.07) is 5.93. The van der Waals surface area contributed by atoms with E-state index in [1.54, 1.807) is 7.11 Å². The number of anilines is 1. The maximum Gasteiger partial charge on any atom is 0.249 e. The SMILES string of the molecule is COCC(=O)N1CCC[C@@H]1c1nc(C)c2c(n1)N(Cc1ccccn1)CCC2. The van der Waals surface area contributed by atoms with Crippen LogP contribution in [0, 0.1) is 6.92 Å². The Morgan fingerprint density at radius 2 is 2.14 bits per heavy atom. The second-order valence-corrected chi connectivity index (χ2v) is 7.49. The van der Waals surface area contributed by atoms with Gasteiger partial charge >= 0.3 is 0 Å². The zero-order chi connectivity index (χ0) is 19.5. The number of ether oxygens (including phenoxy) is 1. The van der Waals surface area contributed by atoms with Crippen molar-refractivity contribution in [3.63, 3.8) is 0 Å². The van der Waals surface area contributed by atoms with Crippen molar-refractivity contribution in [3.8, 4) is 0 Å². The number of hydrogen-bond donors (Lipinski definition) is 0. The summed E-state index contributed by atoms with van der Waals surface area (Å²) >= 11 is 0. The molecule has 1 saturated heterocycles. The predicted octanol–water partition coefficient (Wildman–Crippen LogP) is 2.44. The predicted molar refractivity (Wildman–Crippen MR) is 106 cm³/mol. The van der Waals surface area contributed by atoms with Crippen molar-refractivity contribution in [2.75, 3.05) is 31.7 Å². The molecule has 1 amide bonds. The largest absolute Gasteiger partial charge is 0.375 e. The van der Waals surface area contributed by atoms with Crippen LogP contribution in [-0.2, 0) is 22.5 Å². The Morgan fingerprint density at radius 3 is 2.93 bits per heavy atom. The number of carbonyl (C=O) groups is 1. The monoisotopic (exact) mass is 381 g/mol. The average Bonchev–Trinajstić information content (AvgIpc) is 3.19. The van der Waals surface area contributed by atoms with Crippen LogP contribution in [0.4, 0.5) is 5.82 Å². The van der Waals surface area contributed by atoms with Crippen LogP contribution in [-0.4, -0.2) is 52.6 Å². The summed E-state index contributed by atoms with van der Waals surface area (Å²) in [5.74, 6) is 1.77. The highest BCUT2D eigenvalue weighted by Gasteiger charge is 2.33. The molecule has 0 N–H and O–H groups in total. The lowest BCUT2D eigenvalue weighted by Gasteiger charge is -2.32. The minimum atomic E-state index is -0.0646. The lowest BCUT2D eigenvalue weighted by molar-refractivity contribution is -0.136. The summed E-state index contributed by atoms with van der Waals surface area (Å²) in [5, 5.41) is 0. The number of nitrogens with zero attached hydrogens (tertiary/aromatic N) is 5. The number of aromatic nitrogens is 3. The molecule has 2 aliphatic rings. The van der Waals surface area contributed by atoms with Crippen molar-refractivity contribution in [2.45, 2.75) is 45.2 Å². The molecule has 0 aromatic carbocycles. The summed E-state index contributed by atoms with van der Waals surface area (Å²) in [6.45, 7) is 4.60. The quantitative estimate of drug-likeness (QED) is 0.792. The van der Waals surface area contributed by atoms with Crippen LogP contribution in [0.1, 0.15) is 48.1 Å². The summed E-state index contributed by atoms with van der Waals surface area (Å²) < 4.78 is 5.05. The van der Waals surface area contributed by atoms with E-state index in [9.17, 15) is 4.79 Å². The van der Waals surface area contributed by atoms with Gasteiger partial charge in [0.25, 0.3) is 0 Å². The summed E-state index contributed by atoms with van der Waals surface area (Å²) in [5.41, 5.74) is 3.28. The Morgan fingerprint density at radius 1 is 1.25 bits per heavy atom.